The summed E-state index contributed by atoms with van der Waals surface area (Å²) < 4.78 is 35.0. The van der Waals surface area contributed by atoms with Gasteiger partial charge in [0.1, 0.15) is 10.8 Å². The lowest BCUT2D eigenvalue weighted by Gasteiger charge is -1.89. The van der Waals surface area contributed by atoms with Gasteiger partial charge in [-0.05, 0) is 12.1 Å². The molecule has 0 saturated carbocycles. The molecule has 50 valence electrons. The van der Waals surface area contributed by atoms with Gasteiger partial charge < -0.3 is 0 Å². The lowest BCUT2D eigenvalue weighted by molar-refractivity contribution is -0.0869. The van der Waals surface area contributed by atoms with Crippen LogP contribution in [0.25, 0.3) is 0 Å². The molecular formula is C5H4F3S+. The van der Waals surface area contributed by atoms with Gasteiger partial charge in [0, 0.05) is 0 Å². The highest BCUT2D eigenvalue weighted by molar-refractivity contribution is 7.29. The van der Waals surface area contributed by atoms with Gasteiger partial charge in [0.2, 0.25) is 0 Å². The largest absolute Gasteiger partial charge is 0.600 e. The van der Waals surface area contributed by atoms with E-state index in [0.717, 1.165) is 10.8 Å². The van der Waals surface area contributed by atoms with E-state index in [4.69, 9.17) is 0 Å². The molecule has 1 aromatic rings. The van der Waals surface area contributed by atoms with Crippen molar-refractivity contribution in [2.45, 2.75) is 5.51 Å². The van der Waals surface area contributed by atoms with E-state index in [1.807, 2.05) is 0 Å². The molecule has 0 fully saturated rings. The molecule has 1 heterocycles. The summed E-state index contributed by atoms with van der Waals surface area (Å²) in [5.74, 6) is 0. The van der Waals surface area contributed by atoms with Crippen molar-refractivity contribution in [2.75, 3.05) is 0 Å². The Bertz CT molecular complexity index is 175. The monoisotopic (exact) mass is 153 g/mol. The molecule has 0 nitrogen and oxygen atoms in total. The second-order valence-corrected chi connectivity index (χ2v) is 3.23. The summed E-state index contributed by atoms with van der Waals surface area (Å²) >= 11 is 0. The third kappa shape index (κ3) is 1.45. The topological polar surface area (TPSA) is 0 Å². The predicted molar refractivity (Wildman–Crippen MR) is 30.2 cm³/mol. The van der Waals surface area contributed by atoms with Crippen LogP contribution in [-0.2, 0) is 5.51 Å². The average molecular weight is 153 g/mol. The first kappa shape index (κ1) is 6.61. The van der Waals surface area contributed by atoms with Gasteiger partial charge in [-0.1, -0.05) is 0 Å². The van der Waals surface area contributed by atoms with Gasteiger partial charge in [-0.25, -0.2) is 0 Å². The van der Waals surface area contributed by atoms with Crippen LogP contribution in [-0.4, -0.2) is 0 Å². The van der Waals surface area contributed by atoms with Crippen LogP contribution in [0.4, 0.5) is 13.2 Å². The van der Waals surface area contributed by atoms with Gasteiger partial charge in [-0.3, -0.25) is 0 Å². The Morgan fingerprint density at radius 1 is 1.00 bits per heavy atom. The number of alkyl halides is 3. The maximum absolute atomic E-state index is 11.7. The van der Waals surface area contributed by atoms with Crippen molar-refractivity contribution in [3.8, 4) is 0 Å². The molecule has 0 atom stereocenters. The summed E-state index contributed by atoms with van der Waals surface area (Å²) in [6, 6.07) is 2.83. The number of rotatable bonds is 0. The quantitative estimate of drug-likeness (QED) is 0.503. The summed E-state index contributed by atoms with van der Waals surface area (Å²) in [6.45, 7) is 0. The van der Waals surface area contributed by atoms with Crippen LogP contribution < -0.4 is 0 Å². The molecule has 0 bridgehead atoms. The van der Waals surface area contributed by atoms with Crippen LogP contribution in [0.2, 0.25) is 0 Å². The first-order valence-electron chi connectivity index (χ1n) is 2.24. The van der Waals surface area contributed by atoms with Crippen molar-refractivity contribution >= 4 is 10.5 Å². The summed E-state index contributed by atoms with van der Waals surface area (Å²) in [5, 5.41) is 2.31. The van der Waals surface area contributed by atoms with Gasteiger partial charge in [0.25, 0.3) is 0 Å². The van der Waals surface area contributed by atoms with Gasteiger partial charge >= 0.3 is 5.51 Å². The predicted octanol–water partition coefficient (Wildman–Crippen LogP) is 2.91. The van der Waals surface area contributed by atoms with Crippen molar-refractivity contribution < 1.29 is 13.2 Å². The van der Waals surface area contributed by atoms with E-state index in [1.165, 1.54) is 12.1 Å². The van der Waals surface area contributed by atoms with Crippen molar-refractivity contribution in [1.82, 2.24) is 0 Å². The highest BCUT2D eigenvalue weighted by Gasteiger charge is 2.41. The van der Waals surface area contributed by atoms with E-state index in [0.29, 0.717) is 0 Å². The molecule has 0 aliphatic rings. The summed E-state index contributed by atoms with van der Waals surface area (Å²) in [7, 11) is -1.61. The molecule has 0 aromatic carbocycles. The normalized spacial score (nSPS) is 11.9. The van der Waals surface area contributed by atoms with Crippen LogP contribution in [0, 0.1) is 0 Å². The Kier molecular flexibility index (Phi) is 1.48. The first-order valence-corrected chi connectivity index (χ1v) is 3.59. The standard InChI is InChI=1S/C5H4F3S/c6-5(7,8)9-3-1-2-4-9/h1-4H/q+1. The van der Waals surface area contributed by atoms with E-state index in [9.17, 15) is 13.2 Å². The second-order valence-electron chi connectivity index (χ2n) is 1.47. The number of hydrogen-bond donors (Lipinski definition) is 0. The van der Waals surface area contributed by atoms with E-state index >= 15 is 0 Å². The van der Waals surface area contributed by atoms with Gasteiger partial charge in [0.15, 0.2) is 0 Å². The first-order chi connectivity index (χ1) is 4.11. The zero-order valence-corrected chi connectivity index (χ0v) is 5.17. The molecule has 1 rings (SSSR count). The Hall–Kier alpha value is -0.510. The van der Waals surface area contributed by atoms with E-state index in [1.54, 1.807) is 0 Å². The number of hydrogen-bond acceptors (Lipinski definition) is 0. The maximum atomic E-state index is 11.7. The highest BCUT2D eigenvalue weighted by atomic mass is 32.2. The molecule has 0 amide bonds. The number of thiophene rings is 1. The van der Waals surface area contributed by atoms with Gasteiger partial charge in [-0.15, -0.1) is 13.2 Å². The fraction of sp³-hybridized carbons (Fsp3) is 0.200. The summed E-state index contributed by atoms with van der Waals surface area (Å²) in [5.41, 5.74) is -4.07. The molecule has 0 radical (unpaired) electrons. The molecule has 0 spiro atoms. The molecule has 4 heteroatoms. The summed E-state index contributed by atoms with van der Waals surface area (Å²) in [4.78, 5) is 0. The van der Waals surface area contributed by atoms with Gasteiger partial charge in [0.05, 0.1) is 10.5 Å². The zero-order chi connectivity index (χ0) is 6.91. The SMILES string of the molecule is FC(F)(F)[s+]1cccc1. The lowest BCUT2D eigenvalue weighted by Crippen LogP contribution is -1.92. The lowest BCUT2D eigenvalue weighted by atomic mass is 10.7. The van der Waals surface area contributed by atoms with E-state index in [-0.39, 0.29) is 0 Å². The molecule has 0 N–H and O–H groups in total. The van der Waals surface area contributed by atoms with Crippen molar-refractivity contribution in [2.24, 2.45) is 0 Å². The Morgan fingerprint density at radius 3 is 1.67 bits per heavy atom. The maximum Gasteiger partial charge on any atom is 0.600 e. The van der Waals surface area contributed by atoms with Crippen LogP contribution >= 0.6 is 10.5 Å². The molecule has 1 aromatic heterocycles. The molecular weight excluding hydrogens is 149 g/mol. The van der Waals surface area contributed by atoms with Crippen LogP contribution in [0.15, 0.2) is 22.9 Å². The average Bonchev–Trinajstić information content (AvgIpc) is 2.08. The molecule has 9 heavy (non-hydrogen) atoms. The minimum absolute atomic E-state index is 1.15. The highest BCUT2D eigenvalue weighted by Crippen LogP contribution is 2.40. The molecule has 0 unspecified atom stereocenters. The third-order valence-corrected chi connectivity index (χ3v) is 2.26. The van der Waals surface area contributed by atoms with Crippen LogP contribution in [0.5, 0.6) is 0 Å². The summed E-state index contributed by atoms with van der Waals surface area (Å²) in [6.07, 6.45) is 0. The fourth-order valence-corrected chi connectivity index (χ4v) is 1.38. The minimum atomic E-state index is -4.07. The van der Waals surface area contributed by atoms with Gasteiger partial charge in [-0.2, -0.15) is 0 Å². The van der Waals surface area contributed by atoms with Crippen LogP contribution in [0.3, 0.4) is 0 Å². The van der Waals surface area contributed by atoms with E-state index in [2.05, 4.69) is 0 Å². The molecule has 0 saturated heterocycles. The molecule has 0 aliphatic heterocycles. The Labute approximate surface area is 52.9 Å². The zero-order valence-electron chi connectivity index (χ0n) is 4.35. The second kappa shape index (κ2) is 2.02. The van der Waals surface area contributed by atoms with Crippen molar-refractivity contribution in [1.29, 1.82) is 0 Å². The minimum Gasteiger partial charge on any atom is -0.118 e. The van der Waals surface area contributed by atoms with Crippen molar-refractivity contribution in [3.63, 3.8) is 0 Å². The molecule has 0 aliphatic carbocycles. The fourth-order valence-electron chi connectivity index (χ4n) is 0.460. The Morgan fingerprint density at radius 2 is 1.44 bits per heavy atom. The third-order valence-electron chi connectivity index (χ3n) is 0.829. The smallest absolute Gasteiger partial charge is 0.118 e. The van der Waals surface area contributed by atoms with Crippen LogP contribution in [0.1, 0.15) is 0 Å². The Balaban J connectivity index is 2.90. The van der Waals surface area contributed by atoms with E-state index < -0.39 is 16.0 Å². The number of halogens is 3. The van der Waals surface area contributed by atoms with Crippen molar-refractivity contribution in [3.05, 3.63) is 22.9 Å².